The molecule has 0 unspecified atom stereocenters. The Hall–Kier alpha value is -0.830. The number of rotatable bonds is 6. The first-order chi connectivity index (χ1) is 8.84. The molecule has 0 saturated heterocycles. The van der Waals surface area contributed by atoms with Crippen molar-refractivity contribution in [1.82, 2.24) is 0 Å². The number of hydrogen-bond donors (Lipinski definition) is 1. The van der Waals surface area contributed by atoms with Crippen LogP contribution < -0.4 is 10.5 Å². The number of thioether (sulfide) groups is 1. The molecule has 0 radical (unpaired) electrons. The van der Waals surface area contributed by atoms with Crippen LogP contribution in [0.2, 0.25) is 0 Å². The van der Waals surface area contributed by atoms with E-state index in [9.17, 15) is 0 Å². The second kappa shape index (κ2) is 7.57. The summed E-state index contributed by atoms with van der Waals surface area (Å²) in [7, 11) is 0. The topological polar surface area (TPSA) is 35.2 Å². The Morgan fingerprint density at radius 2 is 2.06 bits per heavy atom. The maximum atomic E-state index is 5.70. The number of anilines is 1. The lowest BCUT2D eigenvalue weighted by atomic mass is 10.0. The van der Waals surface area contributed by atoms with Gasteiger partial charge in [-0.1, -0.05) is 25.3 Å². The molecule has 2 N–H and O–H groups in total. The van der Waals surface area contributed by atoms with E-state index in [4.69, 9.17) is 10.5 Å². The number of benzene rings is 1. The average Bonchev–Trinajstić information content (AvgIpc) is 2.40. The molecule has 3 heteroatoms. The van der Waals surface area contributed by atoms with Gasteiger partial charge in [-0.3, -0.25) is 0 Å². The number of hydrogen-bond acceptors (Lipinski definition) is 3. The fourth-order valence-electron chi connectivity index (χ4n) is 2.34. The minimum Gasteiger partial charge on any atom is -0.493 e. The smallest absolute Gasteiger partial charge is 0.121 e. The summed E-state index contributed by atoms with van der Waals surface area (Å²) in [6.07, 6.45) is 8.25. The van der Waals surface area contributed by atoms with Crippen molar-refractivity contribution in [2.45, 2.75) is 43.8 Å². The minimum atomic E-state index is 0.768. The van der Waals surface area contributed by atoms with Gasteiger partial charge in [0, 0.05) is 17.0 Å². The van der Waals surface area contributed by atoms with Gasteiger partial charge in [0.15, 0.2) is 0 Å². The predicted octanol–water partition coefficient (Wildman–Crippen LogP) is 4.10. The van der Waals surface area contributed by atoms with E-state index in [1.807, 2.05) is 24.3 Å². The molecule has 0 aliphatic heterocycles. The highest BCUT2D eigenvalue weighted by Gasteiger charge is 2.12. The largest absolute Gasteiger partial charge is 0.493 e. The Balaban J connectivity index is 1.55. The van der Waals surface area contributed by atoms with Crippen LogP contribution in [0.3, 0.4) is 0 Å². The molecule has 2 nitrogen and oxygen atoms in total. The fourth-order valence-corrected chi connectivity index (χ4v) is 3.62. The monoisotopic (exact) mass is 265 g/mol. The standard InChI is InChI=1S/C15H23NOS/c16-13-6-4-7-14(12-13)17-10-5-11-18-15-8-2-1-3-9-15/h4,6-7,12,15H,1-3,5,8-11,16H2. The van der Waals surface area contributed by atoms with Crippen molar-refractivity contribution in [3.8, 4) is 5.75 Å². The van der Waals surface area contributed by atoms with Gasteiger partial charge in [0.2, 0.25) is 0 Å². The van der Waals surface area contributed by atoms with Gasteiger partial charge < -0.3 is 10.5 Å². The van der Waals surface area contributed by atoms with Crippen LogP contribution in [-0.4, -0.2) is 17.6 Å². The van der Waals surface area contributed by atoms with Crippen LogP contribution in [0, 0.1) is 0 Å². The summed E-state index contributed by atoms with van der Waals surface area (Å²) in [5, 5.41) is 0.908. The van der Waals surface area contributed by atoms with Crippen molar-refractivity contribution in [3.05, 3.63) is 24.3 Å². The van der Waals surface area contributed by atoms with E-state index in [1.54, 1.807) is 0 Å². The molecular formula is C15H23NOS. The van der Waals surface area contributed by atoms with E-state index >= 15 is 0 Å². The Labute approximate surface area is 114 Å². The minimum absolute atomic E-state index is 0.768. The van der Waals surface area contributed by atoms with Crippen molar-refractivity contribution in [2.75, 3.05) is 18.1 Å². The Bertz CT molecular complexity index is 350. The summed E-state index contributed by atoms with van der Waals surface area (Å²) in [5.74, 6) is 2.10. The van der Waals surface area contributed by atoms with Crippen molar-refractivity contribution >= 4 is 17.4 Å². The van der Waals surface area contributed by atoms with Crippen molar-refractivity contribution < 1.29 is 4.74 Å². The third-order valence-corrected chi connectivity index (χ3v) is 4.79. The maximum Gasteiger partial charge on any atom is 0.121 e. The molecular weight excluding hydrogens is 242 g/mol. The normalized spacial score (nSPS) is 16.7. The van der Waals surface area contributed by atoms with E-state index in [2.05, 4.69) is 11.8 Å². The highest BCUT2D eigenvalue weighted by Crippen LogP contribution is 2.28. The summed E-state index contributed by atoms with van der Waals surface area (Å²) in [6.45, 7) is 0.795. The molecule has 0 aromatic heterocycles. The van der Waals surface area contributed by atoms with Gasteiger partial charge in [0.1, 0.15) is 5.75 Å². The van der Waals surface area contributed by atoms with E-state index in [-0.39, 0.29) is 0 Å². The summed E-state index contributed by atoms with van der Waals surface area (Å²) in [5.41, 5.74) is 6.47. The third kappa shape index (κ3) is 4.81. The summed E-state index contributed by atoms with van der Waals surface area (Å²) in [4.78, 5) is 0. The molecule has 0 amide bonds. The molecule has 2 rings (SSSR count). The molecule has 0 spiro atoms. The van der Waals surface area contributed by atoms with Crippen LogP contribution in [0.5, 0.6) is 5.75 Å². The SMILES string of the molecule is Nc1cccc(OCCCSC2CCCCC2)c1. The Kier molecular flexibility index (Phi) is 5.72. The first-order valence-electron chi connectivity index (χ1n) is 6.94. The van der Waals surface area contributed by atoms with E-state index in [0.29, 0.717) is 0 Å². The molecule has 100 valence electrons. The summed E-state index contributed by atoms with van der Waals surface area (Å²) < 4.78 is 5.68. The lowest BCUT2D eigenvalue weighted by Gasteiger charge is -2.20. The number of ether oxygens (including phenoxy) is 1. The van der Waals surface area contributed by atoms with Crippen LogP contribution in [0.4, 0.5) is 5.69 Å². The maximum absolute atomic E-state index is 5.70. The fraction of sp³-hybridized carbons (Fsp3) is 0.600. The second-order valence-corrected chi connectivity index (χ2v) is 6.31. The molecule has 1 saturated carbocycles. The molecule has 18 heavy (non-hydrogen) atoms. The lowest BCUT2D eigenvalue weighted by molar-refractivity contribution is 0.319. The molecule has 1 aliphatic rings. The zero-order valence-corrected chi connectivity index (χ0v) is 11.8. The second-order valence-electron chi connectivity index (χ2n) is 4.91. The summed E-state index contributed by atoms with van der Waals surface area (Å²) >= 11 is 2.13. The molecule has 0 atom stereocenters. The van der Waals surface area contributed by atoms with Gasteiger partial charge >= 0.3 is 0 Å². The molecule has 0 bridgehead atoms. The van der Waals surface area contributed by atoms with Crippen molar-refractivity contribution in [3.63, 3.8) is 0 Å². The van der Waals surface area contributed by atoms with Crippen LogP contribution in [0.1, 0.15) is 38.5 Å². The quantitative estimate of drug-likeness (QED) is 0.621. The number of nitrogens with two attached hydrogens (primary N) is 1. The zero-order chi connectivity index (χ0) is 12.6. The van der Waals surface area contributed by atoms with Gasteiger partial charge in [-0.25, -0.2) is 0 Å². The number of nitrogen functional groups attached to an aromatic ring is 1. The summed E-state index contributed by atoms with van der Waals surface area (Å²) in [6, 6.07) is 7.66. The highest BCUT2D eigenvalue weighted by atomic mass is 32.2. The molecule has 1 aliphatic carbocycles. The predicted molar refractivity (Wildman–Crippen MR) is 80.3 cm³/mol. The van der Waals surface area contributed by atoms with Gasteiger partial charge in [0.05, 0.1) is 6.61 Å². The first-order valence-corrected chi connectivity index (χ1v) is 7.99. The van der Waals surface area contributed by atoms with Gasteiger partial charge in [0.25, 0.3) is 0 Å². The third-order valence-electron chi connectivity index (χ3n) is 3.32. The average molecular weight is 265 g/mol. The van der Waals surface area contributed by atoms with Crippen molar-refractivity contribution in [1.29, 1.82) is 0 Å². The first kappa shape index (κ1) is 13.6. The van der Waals surface area contributed by atoms with Crippen LogP contribution >= 0.6 is 11.8 Å². The van der Waals surface area contributed by atoms with Gasteiger partial charge in [-0.05, 0) is 37.1 Å². The van der Waals surface area contributed by atoms with E-state index < -0.39 is 0 Å². The molecule has 1 aromatic rings. The van der Waals surface area contributed by atoms with Gasteiger partial charge in [-0.2, -0.15) is 11.8 Å². The van der Waals surface area contributed by atoms with Crippen LogP contribution in [0.15, 0.2) is 24.3 Å². The molecule has 0 heterocycles. The van der Waals surface area contributed by atoms with Crippen molar-refractivity contribution in [2.24, 2.45) is 0 Å². The van der Waals surface area contributed by atoms with E-state index in [1.165, 1.54) is 37.9 Å². The molecule has 1 fully saturated rings. The van der Waals surface area contributed by atoms with Gasteiger partial charge in [-0.15, -0.1) is 0 Å². The van der Waals surface area contributed by atoms with E-state index in [0.717, 1.165) is 29.7 Å². The molecule has 1 aromatic carbocycles. The highest BCUT2D eigenvalue weighted by molar-refractivity contribution is 7.99. The Morgan fingerprint density at radius 3 is 2.83 bits per heavy atom. The zero-order valence-electron chi connectivity index (χ0n) is 10.9. The Morgan fingerprint density at radius 1 is 1.22 bits per heavy atom. The van der Waals surface area contributed by atoms with Crippen LogP contribution in [-0.2, 0) is 0 Å². The lowest BCUT2D eigenvalue weighted by Crippen LogP contribution is -2.09. The van der Waals surface area contributed by atoms with Crippen LogP contribution in [0.25, 0.3) is 0 Å².